The largest absolute Gasteiger partial charge is 0.508 e. The van der Waals surface area contributed by atoms with E-state index in [0.29, 0.717) is 17.8 Å². The maximum absolute atomic E-state index is 8.70. The molecule has 2 atom stereocenters. The van der Waals surface area contributed by atoms with Crippen LogP contribution < -0.4 is 17.2 Å². The second-order valence-electron chi connectivity index (χ2n) is 3.92. The molecular weight excluding hydrogens is 190 g/mol. The molecule has 4 nitrogen and oxygen atoms in total. The fourth-order valence-electron chi connectivity index (χ4n) is 1.53. The van der Waals surface area contributed by atoms with Gasteiger partial charge in [-0.25, -0.2) is 0 Å². The zero-order chi connectivity index (χ0) is 11.3. The summed E-state index contributed by atoms with van der Waals surface area (Å²) in [6, 6.07) is 7.19. The highest BCUT2D eigenvalue weighted by molar-refractivity contribution is 5.40. The van der Waals surface area contributed by atoms with Crippen LogP contribution in [0.15, 0.2) is 24.3 Å². The molecule has 1 fully saturated rings. The maximum Gasteiger partial charge on any atom is 0.115 e. The first-order valence-corrected chi connectivity index (χ1v) is 5.13. The van der Waals surface area contributed by atoms with E-state index in [2.05, 4.69) is 0 Å². The predicted molar refractivity (Wildman–Crippen MR) is 62.3 cm³/mol. The molecule has 1 saturated carbocycles. The molecule has 1 aromatic carbocycles. The third-order valence-corrected chi connectivity index (χ3v) is 2.41. The van der Waals surface area contributed by atoms with Gasteiger partial charge in [0.15, 0.2) is 0 Å². The number of nitrogen functional groups attached to an aromatic ring is 1. The van der Waals surface area contributed by atoms with Gasteiger partial charge in [-0.05, 0) is 43.5 Å². The number of rotatable bonds is 0. The molecule has 0 bridgehead atoms. The smallest absolute Gasteiger partial charge is 0.115 e. The van der Waals surface area contributed by atoms with Crippen molar-refractivity contribution in [1.29, 1.82) is 0 Å². The lowest BCUT2D eigenvalue weighted by Gasteiger charge is -1.97. The van der Waals surface area contributed by atoms with Crippen LogP contribution >= 0.6 is 0 Å². The van der Waals surface area contributed by atoms with Crippen molar-refractivity contribution in [2.24, 2.45) is 11.5 Å². The van der Waals surface area contributed by atoms with Gasteiger partial charge in [-0.2, -0.15) is 0 Å². The summed E-state index contributed by atoms with van der Waals surface area (Å²) in [6.45, 7) is 0. The van der Waals surface area contributed by atoms with Crippen molar-refractivity contribution < 1.29 is 5.11 Å². The normalized spacial score (nSPS) is 24.4. The van der Waals surface area contributed by atoms with Crippen LogP contribution in [0.1, 0.15) is 19.3 Å². The summed E-state index contributed by atoms with van der Waals surface area (Å²) >= 11 is 0. The van der Waals surface area contributed by atoms with Gasteiger partial charge in [0.1, 0.15) is 5.75 Å². The van der Waals surface area contributed by atoms with E-state index in [1.54, 1.807) is 24.3 Å². The molecule has 1 aromatic rings. The molecule has 84 valence electrons. The predicted octanol–water partition coefficient (Wildman–Crippen LogP) is 0.799. The SMILES string of the molecule is NC1CCC(N)C1.Nc1ccc(O)cc1. The van der Waals surface area contributed by atoms with Gasteiger partial charge in [0.2, 0.25) is 0 Å². The Labute approximate surface area is 90.1 Å². The first kappa shape index (κ1) is 11.8. The summed E-state index contributed by atoms with van der Waals surface area (Å²) in [4.78, 5) is 0. The summed E-state index contributed by atoms with van der Waals surface area (Å²) < 4.78 is 0. The van der Waals surface area contributed by atoms with E-state index in [1.165, 1.54) is 0 Å². The number of hydrogen-bond acceptors (Lipinski definition) is 4. The van der Waals surface area contributed by atoms with Gasteiger partial charge in [-0.3, -0.25) is 0 Å². The van der Waals surface area contributed by atoms with Gasteiger partial charge in [0.25, 0.3) is 0 Å². The number of aromatic hydroxyl groups is 1. The van der Waals surface area contributed by atoms with Crippen LogP contribution in [0.4, 0.5) is 5.69 Å². The highest BCUT2D eigenvalue weighted by Crippen LogP contribution is 2.14. The summed E-state index contributed by atoms with van der Waals surface area (Å²) in [7, 11) is 0. The lowest BCUT2D eigenvalue weighted by atomic mass is 10.2. The van der Waals surface area contributed by atoms with Crippen molar-refractivity contribution in [2.45, 2.75) is 31.3 Å². The molecule has 0 aliphatic heterocycles. The molecule has 4 heteroatoms. The minimum Gasteiger partial charge on any atom is -0.508 e. The lowest BCUT2D eigenvalue weighted by Crippen LogP contribution is -2.20. The Kier molecular flexibility index (Phi) is 4.39. The molecule has 15 heavy (non-hydrogen) atoms. The molecular formula is C11H19N3O. The Bertz CT molecular complexity index is 257. The van der Waals surface area contributed by atoms with Crippen molar-refractivity contribution in [2.75, 3.05) is 5.73 Å². The second-order valence-corrected chi connectivity index (χ2v) is 3.92. The summed E-state index contributed by atoms with van der Waals surface area (Å²) in [5.74, 6) is 0.249. The van der Waals surface area contributed by atoms with E-state index in [1.807, 2.05) is 0 Å². The summed E-state index contributed by atoms with van der Waals surface area (Å²) in [5, 5.41) is 8.70. The van der Waals surface area contributed by atoms with E-state index in [4.69, 9.17) is 22.3 Å². The van der Waals surface area contributed by atoms with Gasteiger partial charge in [-0.15, -0.1) is 0 Å². The van der Waals surface area contributed by atoms with Crippen LogP contribution in [0.3, 0.4) is 0 Å². The van der Waals surface area contributed by atoms with E-state index in [9.17, 15) is 0 Å². The molecule has 0 saturated heterocycles. The molecule has 0 spiro atoms. The van der Waals surface area contributed by atoms with Crippen molar-refractivity contribution >= 4 is 5.69 Å². The van der Waals surface area contributed by atoms with Crippen LogP contribution in [0.5, 0.6) is 5.75 Å². The van der Waals surface area contributed by atoms with Crippen LogP contribution in [-0.2, 0) is 0 Å². The van der Waals surface area contributed by atoms with Gasteiger partial charge >= 0.3 is 0 Å². The maximum atomic E-state index is 8.70. The number of anilines is 1. The van der Waals surface area contributed by atoms with Gasteiger partial charge in [0, 0.05) is 17.8 Å². The zero-order valence-electron chi connectivity index (χ0n) is 8.76. The van der Waals surface area contributed by atoms with Crippen LogP contribution in [0, 0.1) is 0 Å². The molecule has 1 aliphatic rings. The van der Waals surface area contributed by atoms with E-state index in [-0.39, 0.29) is 5.75 Å². The fraction of sp³-hybridized carbons (Fsp3) is 0.455. The van der Waals surface area contributed by atoms with E-state index < -0.39 is 0 Å². The van der Waals surface area contributed by atoms with Crippen molar-refractivity contribution in [3.8, 4) is 5.75 Å². The molecule has 2 rings (SSSR count). The number of phenolic OH excluding ortho intramolecular Hbond substituents is 1. The van der Waals surface area contributed by atoms with Gasteiger partial charge in [0.05, 0.1) is 0 Å². The number of benzene rings is 1. The van der Waals surface area contributed by atoms with Gasteiger partial charge < -0.3 is 22.3 Å². The second kappa shape index (κ2) is 5.58. The minimum absolute atomic E-state index is 0.249. The number of hydrogen-bond donors (Lipinski definition) is 4. The van der Waals surface area contributed by atoms with Crippen LogP contribution in [0.25, 0.3) is 0 Å². The number of nitrogens with two attached hydrogens (primary N) is 3. The number of phenols is 1. The molecule has 0 amide bonds. The van der Waals surface area contributed by atoms with Crippen LogP contribution in [-0.4, -0.2) is 17.2 Å². The molecule has 0 heterocycles. The first-order chi connectivity index (χ1) is 7.08. The Hall–Kier alpha value is -1.26. The average molecular weight is 209 g/mol. The third-order valence-electron chi connectivity index (χ3n) is 2.41. The molecule has 0 radical (unpaired) electrons. The highest BCUT2D eigenvalue weighted by Gasteiger charge is 2.16. The summed E-state index contributed by atoms with van der Waals surface area (Å²) in [6.07, 6.45) is 3.28. The Morgan fingerprint density at radius 3 is 1.73 bits per heavy atom. The average Bonchev–Trinajstić information content (AvgIpc) is 2.56. The molecule has 0 aromatic heterocycles. The Morgan fingerprint density at radius 2 is 1.47 bits per heavy atom. The fourth-order valence-corrected chi connectivity index (χ4v) is 1.53. The van der Waals surface area contributed by atoms with Crippen molar-refractivity contribution in [3.05, 3.63) is 24.3 Å². The van der Waals surface area contributed by atoms with Crippen molar-refractivity contribution in [1.82, 2.24) is 0 Å². The topological polar surface area (TPSA) is 98.3 Å². The molecule has 2 unspecified atom stereocenters. The first-order valence-electron chi connectivity index (χ1n) is 5.13. The lowest BCUT2D eigenvalue weighted by molar-refractivity contribution is 0.475. The molecule has 1 aliphatic carbocycles. The summed E-state index contributed by atoms with van der Waals surface area (Å²) in [5.41, 5.74) is 17.1. The van der Waals surface area contributed by atoms with Crippen molar-refractivity contribution in [3.63, 3.8) is 0 Å². The monoisotopic (exact) mass is 209 g/mol. The Morgan fingerprint density at radius 1 is 1.00 bits per heavy atom. The van der Waals surface area contributed by atoms with E-state index >= 15 is 0 Å². The van der Waals surface area contributed by atoms with E-state index in [0.717, 1.165) is 19.3 Å². The third kappa shape index (κ3) is 4.67. The zero-order valence-corrected chi connectivity index (χ0v) is 8.76. The highest BCUT2D eigenvalue weighted by atomic mass is 16.3. The minimum atomic E-state index is 0.249. The molecule has 7 N–H and O–H groups in total. The quantitative estimate of drug-likeness (QED) is 0.375. The van der Waals surface area contributed by atoms with Gasteiger partial charge in [-0.1, -0.05) is 0 Å². The standard InChI is InChI=1S/C6H7NO.C5H12N2/c7-5-1-3-6(8)4-2-5;6-4-1-2-5(7)3-4/h1-4,8H,7H2;4-5H,1-3,6-7H2. The van der Waals surface area contributed by atoms with Crippen LogP contribution in [0.2, 0.25) is 0 Å². The Balaban J connectivity index is 0.000000151.